The normalized spacial score (nSPS) is 18.0. The topological polar surface area (TPSA) is 62.8 Å². The van der Waals surface area contributed by atoms with E-state index in [0.29, 0.717) is 13.1 Å². The molecule has 1 fully saturated rings. The second-order valence-corrected chi connectivity index (χ2v) is 6.84. The number of hydrogen-bond acceptors (Lipinski definition) is 4. The molecule has 0 unspecified atom stereocenters. The van der Waals surface area contributed by atoms with Crippen LogP contribution < -0.4 is 15.5 Å². The van der Waals surface area contributed by atoms with E-state index in [0.717, 1.165) is 35.5 Å². The van der Waals surface area contributed by atoms with Gasteiger partial charge in [-0.2, -0.15) is 0 Å². The Bertz CT molecular complexity index is 826. The van der Waals surface area contributed by atoms with Crippen LogP contribution in [-0.2, 0) is 4.84 Å². The van der Waals surface area contributed by atoms with E-state index in [-0.39, 0.29) is 11.6 Å². The molecule has 2 amide bonds. The van der Waals surface area contributed by atoms with Crippen LogP contribution in [0.2, 0.25) is 0 Å². The Labute approximate surface area is 158 Å². The molecule has 4 rings (SSSR count). The van der Waals surface area contributed by atoms with Gasteiger partial charge in [-0.1, -0.05) is 30.3 Å². The molecule has 1 saturated heterocycles. The van der Waals surface area contributed by atoms with Crippen molar-refractivity contribution in [2.45, 2.75) is 18.4 Å². The third-order valence-corrected chi connectivity index (χ3v) is 5.09. The highest BCUT2D eigenvalue weighted by atomic mass is 16.7. The molecule has 0 radical (unpaired) electrons. The second kappa shape index (κ2) is 7.32. The third-order valence-electron chi connectivity index (χ3n) is 5.09. The molecule has 6 heteroatoms. The lowest BCUT2D eigenvalue weighted by Gasteiger charge is -2.36. The number of ether oxygens (including phenoxy) is 1. The zero-order valence-electron chi connectivity index (χ0n) is 15.3. The number of benzene rings is 2. The molecule has 2 aliphatic heterocycles. The van der Waals surface area contributed by atoms with E-state index < -0.39 is 0 Å². The van der Waals surface area contributed by atoms with Crippen molar-refractivity contribution < 1.29 is 14.4 Å². The molecular weight excluding hydrogens is 342 g/mol. The number of amides is 2. The van der Waals surface area contributed by atoms with Gasteiger partial charge in [-0.05, 0) is 35.9 Å². The summed E-state index contributed by atoms with van der Waals surface area (Å²) >= 11 is 0. The minimum absolute atomic E-state index is 0.0896. The summed E-state index contributed by atoms with van der Waals surface area (Å²) in [4.78, 5) is 20.3. The molecule has 27 heavy (non-hydrogen) atoms. The highest BCUT2D eigenvalue weighted by molar-refractivity contribution is 5.89. The summed E-state index contributed by atoms with van der Waals surface area (Å²) in [5.41, 5.74) is 5.57. The monoisotopic (exact) mass is 365 g/mol. The fraction of sp³-hybridized carbons (Fsp3) is 0.286. The number of carbonyl (C=O) groups excluding carboxylic acids is 1. The lowest BCUT2D eigenvalue weighted by Crippen LogP contribution is -2.48. The maximum absolute atomic E-state index is 12.5. The summed E-state index contributed by atoms with van der Waals surface area (Å²) in [5.74, 6) is 0.764. The Morgan fingerprint density at radius 2 is 1.81 bits per heavy atom. The fourth-order valence-corrected chi connectivity index (χ4v) is 3.45. The Hall–Kier alpha value is -2.99. The molecule has 2 aromatic rings. The Kier molecular flexibility index (Phi) is 4.73. The average Bonchev–Trinajstić information content (AvgIpc) is 3.13. The zero-order chi connectivity index (χ0) is 18.7. The summed E-state index contributed by atoms with van der Waals surface area (Å²) in [7, 11) is 1.62. The molecule has 2 heterocycles. The van der Waals surface area contributed by atoms with Gasteiger partial charge >= 0.3 is 6.03 Å². The predicted octanol–water partition coefficient (Wildman–Crippen LogP) is 3.64. The van der Waals surface area contributed by atoms with Gasteiger partial charge in [-0.25, -0.2) is 4.79 Å². The van der Waals surface area contributed by atoms with E-state index in [1.807, 2.05) is 47.4 Å². The number of hydrogen-bond donors (Lipinski definition) is 2. The number of urea groups is 1. The Morgan fingerprint density at radius 3 is 2.48 bits per heavy atom. The molecule has 1 spiro atoms. The van der Waals surface area contributed by atoms with Crippen LogP contribution in [-0.4, -0.2) is 36.7 Å². The zero-order valence-corrected chi connectivity index (χ0v) is 15.3. The summed E-state index contributed by atoms with van der Waals surface area (Å²) in [6.45, 7) is 1.28. The number of anilines is 1. The van der Waals surface area contributed by atoms with Gasteiger partial charge in [-0.3, -0.25) is 10.3 Å². The van der Waals surface area contributed by atoms with E-state index in [4.69, 9.17) is 9.57 Å². The molecule has 2 aliphatic rings. The number of piperidine rings is 1. The number of methoxy groups -OCH3 is 1. The molecule has 0 saturated carbocycles. The second-order valence-electron chi connectivity index (χ2n) is 6.84. The first kappa shape index (κ1) is 17.4. The SMILES string of the molecule is COc1ccc(NC(=O)N2CCC3(C=C(c4ccccc4)NO3)CC2)cc1. The van der Waals surface area contributed by atoms with Gasteiger partial charge in [0.1, 0.15) is 11.4 Å². The van der Waals surface area contributed by atoms with E-state index in [2.05, 4.69) is 29.0 Å². The van der Waals surface area contributed by atoms with E-state index >= 15 is 0 Å². The molecule has 2 N–H and O–H groups in total. The van der Waals surface area contributed by atoms with Gasteiger partial charge in [0.15, 0.2) is 0 Å². The highest BCUT2D eigenvalue weighted by Gasteiger charge is 2.39. The maximum Gasteiger partial charge on any atom is 0.321 e. The van der Waals surface area contributed by atoms with Crippen LogP contribution >= 0.6 is 0 Å². The van der Waals surface area contributed by atoms with Crippen LogP contribution in [0.1, 0.15) is 18.4 Å². The first-order chi connectivity index (χ1) is 13.2. The Balaban J connectivity index is 1.36. The fourth-order valence-electron chi connectivity index (χ4n) is 3.45. The summed E-state index contributed by atoms with van der Waals surface area (Å²) in [5, 5.41) is 2.94. The van der Waals surface area contributed by atoms with Crippen molar-refractivity contribution in [2.24, 2.45) is 0 Å². The molecule has 140 valence electrons. The molecule has 2 aromatic carbocycles. The van der Waals surface area contributed by atoms with Crippen molar-refractivity contribution >= 4 is 17.4 Å². The third kappa shape index (κ3) is 3.75. The minimum Gasteiger partial charge on any atom is -0.497 e. The van der Waals surface area contributed by atoms with Crippen LogP contribution in [0.15, 0.2) is 60.7 Å². The number of carbonyl (C=O) groups is 1. The van der Waals surface area contributed by atoms with Crippen LogP contribution in [0, 0.1) is 0 Å². The number of hydroxylamine groups is 1. The number of rotatable bonds is 3. The van der Waals surface area contributed by atoms with Crippen molar-refractivity contribution in [2.75, 3.05) is 25.5 Å². The van der Waals surface area contributed by atoms with Crippen LogP contribution in [0.3, 0.4) is 0 Å². The average molecular weight is 365 g/mol. The van der Waals surface area contributed by atoms with Gasteiger partial charge in [0.05, 0.1) is 12.8 Å². The van der Waals surface area contributed by atoms with Crippen LogP contribution in [0.5, 0.6) is 5.75 Å². The number of likely N-dealkylation sites (tertiary alicyclic amines) is 1. The van der Waals surface area contributed by atoms with E-state index in [9.17, 15) is 4.79 Å². The van der Waals surface area contributed by atoms with Gasteiger partial charge in [0.2, 0.25) is 0 Å². The standard InChI is InChI=1S/C21H23N3O3/c1-26-18-9-7-17(8-10-18)22-20(25)24-13-11-21(12-14-24)15-19(23-27-21)16-5-3-2-4-6-16/h2-10,15,23H,11-14H2,1H3,(H,22,25). The smallest absolute Gasteiger partial charge is 0.321 e. The lowest BCUT2D eigenvalue weighted by molar-refractivity contribution is -0.0634. The molecular formula is C21H23N3O3. The maximum atomic E-state index is 12.5. The minimum atomic E-state index is -0.345. The van der Waals surface area contributed by atoms with Crippen LogP contribution in [0.25, 0.3) is 5.70 Å². The molecule has 0 aromatic heterocycles. The molecule has 0 bridgehead atoms. The van der Waals surface area contributed by atoms with Crippen molar-refractivity contribution in [3.8, 4) is 5.75 Å². The Morgan fingerprint density at radius 1 is 1.11 bits per heavy atom. The summed E-state index contributed by atoms with van der Waals surface area (Å²) in [6.07, 6.45) is 3.67. The van der Waals surface area contributed by atoms with Crippen molar-refractivity contribution in [1.82, 2.24) is 10.4 Å². The number of nitrogens with one attached hydrogen (secondary N) is 2. The first-order valence-electron chi connectivity index (χ1n) is 9.10. The highest BCUT2D eigenvalue weighted by Crippen LogP contribution is 2.34. The van der Waals surface area contributed by atoms with Crippen molar-refractivity contribution in [1.29, 1.82) is 0 Å². The molecule has 0 atom stereocenters. The van der Waals surface area contributed by atoms with Gasteiger partial charge < -0.3 is 15.0 Å². The van der Waals surface area contributed by atoms with Gasteiger partial charge in [0, 0.05) is 31.6 Å². The van der Waals surface area contributed by atoms with Crippen molar-refractivity contribution in [3.63, 3.8) is 0 Å². The number of nitrogens with zero attached hydrogens (tertiary/aromatic N) is 1. The lowest BCUT2D eigenvalue weighted by atomic mass is 9.90. The quantitative estimate of drug-likeness (QED) is 0.872. The van der Waals surface area contributed by atoms with Gasteiger partial charge in [0.25, 0.3) is 0 Å². The van der Waals surface area contributed by atoms with E-state index in [1.54, 1.807) is 7.11 Å². The first-order valence-corrected chi connectivity index (χ1v) is 9.10. The van der Waals surface area contributed by atoms with E-state index in [1.165, 1.54) is 0 Å². The van der Waals surface area contributed by atoms with Gasteiger partial charge in [-0.15, -0.1) is 0 Å². The van der Waals surface area contributed by atoms with Crippen molar-refractivity contribution in [3.05, 3.63) is 66.2 Å². The molecule has 0 aliphatic carbocycles. The predicted molar refractivity (Wildman–Crippen MR) is 104 cm³/mol. The largest absolute Gasteiger partial charge is 0.497 e. The summed E-state index contributed by atoms with van der Waals surface area (Å²) < 4.78 is 5.14. The van der Waals surface area contributed by atoms with Crippen LogP contribution in [0.4, 0.5) is 10.5 Å². The summed E-state index contributed by atoms with van der Waals surface area (Å²) in [6, 6.07) is 17.4. The molecule has 6 nitrogen and oxygen atoms in total.